The average molecular weight is 273 g/mol. The second-order valence-corrected chi connectivity index (χ2v) is 6.14. The van der Waals surface area contributed by atoms with Crippen LogP contribution in [-0.4, -0.2) is 10.8 Å². The van der Waals surface area contributed by atoms with Crippen LogP contribution in [0.3, 0.4) is 0 Å². The molecule has 0 bridgehead atoms. The first kappa shape index (κ1) is 11.6. The number of fused-ring (bicyclic) bond motifs is 1. The van der Waals surface area contributed by atoms with E-state index in [0.29, 0.717) is 6.42 Å². The molecule has 3 aromatic rings. The van der Waals surface area contributed by atoms with Gasteiger partial charge in [0.2, 0.25) is 0 Å². The summed E-state index contributed by atoms with van der Waals surface area (Å²) in [6, 6.07) is 9.97. The van der Waals surface area contributed by atoms with Crippen LogP contribution in [0.2, 0.25) is 0 Å². The van der Waals surface area contributed by atoms with Crippen molar-refractivity contribution in [1.82, 2.24) is 4.98 Å². The highest BCUT2D eigenvalue weighted by Crippen LogP contribution is 2.24. The molecule has 0 aliphatic heterocycles. The highest BCUT2D eigenvalue weighted by molar-refractivity contribution is 7.18. The molecule has 3 rings (SSSR count). The Balaban J connectivity index is 1.88. The predicted molar refractivity (Wildman–Crippen MR) is 76.7 cm³/mol. The smallest absolute Gasteiger partial charge is 0.179 e. The van der Waals surface area contributed by atoms with Crippen LogP contribution in [0.15, 0.2) is 35.7 Å². The van der Waals surface area contributed by atoms with Gasteiger partial charge in [-0.3, -0.25) is 4.79 Å². The molecule has 0 atom stereocenters. The van der Waals surface area contributed by atoms with E-state index < -0.39 is 0 Å². The van der Waals surface area contributed by atoms with E-state index in [4.69, 9.17) is 0 Å². The van der Waals surface area contributed by atoms with Gasteiger partial charge in [-0.05, 0) is 36.1 Å². The third-order valence-corrected chi connectivity index (χ3v) is 4.86. The molecule has 2 nitrogen and oxygen atoms in total. The molecule has 4 heteroatoms. The van der Waals surface area contributed by atoms with Gasteiger partial charge in [0, 0.05) is 0 Å². The molecular weight excluding hydrogens is 262 g/mol. The first-order valence-electron chi connectivity index (χ1n) is 5.66. The van der Waals surface area contributed by atoms with Gasteiger partial charge >= 0.3 is 0 Å². The lowest BCUT2D eigenvalue weighted by Crippen LogP contribution is -2.02. The van der Waals surface area contributed by atoms with E-state index in [1.807, 2.05) is 42.6 Å². The molecule has 0 N–H and O–H groups in total. The van der Waals surface area contributed by atoms with Crippen molar-refractivity contribution in [2.45, 2.75) is 13.3 Å². The zero-order chi connectivity index (χ0) is 12.5. The number of carbonyl (C=O) groups is 1. The summed E-state index contributed by atoms with van der Waals surface area (Å²) in [5.41, 5.74) is 2.04. The molecule has 90 valence electrons. The zero-order valence-electron chi connectivity index (χ0n) is 9.84. The molecule has 0 spiro atoms. The Bertz CT molecular complexity index is 678. The van der Waals surface area contributed by atoms with E-state index >= 15 is 0 Å². The highest BCUT2D eigenvalue weighted by Gasteiger charge is 2.13. The van der Waals surface area contributed by atoms with Gasteiger partial charge in [0.1, 0.15) is 5.01 Å². The zero-order valence-corrected chi connectivity index (χ0v) is 11.5. The minimum atomic E-state index is 0.168. The van der Waals surface area contributed by atoms with Crippen LogP contribution in [0.4, 0.5) is 0 Å². The summed E-state index contributed by atoms with van der Waals surface area (Å²) < 4.78 is 1.14. The normalized spacial score (nSPS) is 10.9. The van der Waals surface area contributed by atoms with E-state index in [1.54, 1.807) is 11.3 Å². The Morgan fingerprint density at radius 1 is 1.28 bits per heavy atom. The van der Waals surface area contributed by atoms with Gasteiger partial charge in [-0.25, -0.2) is 4.98 Å². The number of aryl methyl sites for hydroxylation is 1. The van der Waals surface area contributed by atoms with Gasteiger partial charge < -0.3 is 0 Å². The van der Waals surface area contributed by atoms with Gasteiger partial charge in [-0.1, -0.05) is 12.1 Å². The predicted octanol–water partition coefficient (Wildman–Crippen LogP) is 4.09. The number of hydrogen-bond donors (Lipinski definition) is 0. The third kappa shape index (κ3) is 2.09. The van der Waals surface area contributed by atoms with Crippen molar-refractivity contribution in [1.29, 1.82) is 0 Å². The number of benzene rings is 1. The summed E-state index contributed by atoms with van der Waals surface area (Å²) in [6.07, 6.45) is 0.403. The van der Waals surface area contributed by atoms with Crippen molar-refractivity contribution in [3.05, 3.63) is 51.2 Å². The molecule has 0 aliphatic rings. The maximum absolute atomic E-state index is 12.1. The molecule has 2 aromatic heterocycles. The summed E-state index contributed by atoms with van der Waals surface area (Å²) in [5.74, 6) is 0.168. The van der Waals surface area contributed by atoms with E-state index in [-0.39, 0.29) is 5.78 Å². The molecule has 0 fully saturated rings. The Hall–Kier alpha value is -1.52. The summed E-state index contributed by atoms with van der Waals surface area (Å²) in [4.78, 5) is 17.5. The lowest BCUT2D eigenvalue weighted by Gasteiger charge is -1.96. The minimum absolute atomic E-state index is 0.168. The van der Waals surface area contributed by atoms with E-state index in [2.05, 4.69) is 4.98 Å². The summed E-state index contributed by atoms with van der Waals surface area (Å²) >= 11 is 3.11. The van der Waals surface area contributed by atoms with Crippen molar-refractivity contribution >= 4 is 38.7 Å². The summed E-state index contributed by atoms with van der Waals surface area (Å²) in [6.45, 7) is 1.97. The summed E-state index contributed by atoms with van der Waals surface area (Å²) in [7, 11) is 0. The van der Waals surface area contributed by atoms with Crippen LogP contribution in [0, 0.1) is 6.92 Å². The Morgan fingerprint density at radius 2 is 2.11 bits per heavy atom. The number of aromatic nitrogens is 1. The Morgan fingerprint density at radius 3 is 2.83 bits per heavy atom. The molecular formula is C14H11NOS2. The largest absolute Gasteiger partial charge is 0.293 e. The van der Waals surface area contributed by atoms with Crippen LogP contribution >= 0.6 is 22.7 Å². The fourth-order valence-electron chi connectivity index (χ4n) is 1.87. The fraction of sp³-hybridized carbons (Fsp3) is 0.143. The van der Waals surface area contributed by atoms with Crippen molar-refractivity contribution in [3.8, 4) is 0 Å². The number of thiophene rings is 1. The maximum Gasteiger partial charge on any atom is 0.179 e. The Labute approximate surface area is 113 Å². The van der Waals surface area contributed by atoms with Gasteiger partial charge in [-0.15, -0.1) is 22.7 Å². The molecule has 0 saturated carbocycles. The van der Waals surface area contributed by atoms with E-state index in [0.717, 1.165) is 25.7 Å². The maximum atomic E-state index is 12.1. The van der Waals surface area contributed by atoms with Crippen molar-refractivity contribution in [3.63, 3.8) is 0 Å². The third-order valence-electron chi connectivity index (χ3n) is 2.77. The van der Waals surface area contributed by atoms with E-state index in [9.17, 15) is 4.79 Å². The molecule has 0 radical (unpaired) electrons. The van der Waals surface area contributed by atoms with Crippen LogP contribution in [0.5, 0.6) is 0 Å². The first-order valence-corrected chi connectivity index (χ1v) is 7.35. The molecule has 2 heterocycles. The quantitative estimate of drug-likeness (QED) is 0.673. The summed E-state index contributed by atoms with van der Waals surface area (Å²) in [5, 5.41) is 2.86. The molecule has 1 aromatic carbocycles. The van der Waals surface area contributed by atoms with Crippen LogP contribution in [-0.2, 0) is 6.42 Å². The Kier molecular flexibility index (Phi) is 2.97. The van der Waals surface area contributed by atoms with Crippen molar-refractivity contribution in [2.75, 3.05) is 0 Å². The van der Waals surface area contributed by atoms with Crippen LogP contribution in [0.1, 0.15) is 20.2 Å². The van der Waals surface area contributed by atoms with Crippen molar-refractivity contribution < 1.29 is 4.79 Å². The number of rotatable bonds is 3. The lowest BCUT2D eigenvalue weighted by molar-refractivity contribution is 0.0996. The van der Waals surface area contributed by atoms with Crippen LogP contribution < -0.4 is 0 Å². The van der Waals surface area contributed by atoms with Crippen LogP contribution in [0.25, 0.3) is 10.2 Å². The van der Waals surface area contributed by atoms with E-state index in [1.165, 1.54) is 11.3 Å². The minimum Gasteiger partial charge on any atom is -0.293 e. The average Bonchev–Trinajstić information content (AvgIpc) is 2.94. The molecule has 18 heavy (non-hydrogen) atoms. The number of ketones is 1. The lowest BCUT2D eigenvalue weighted by atomic mass is 10.2. The number of nitrogens with zero attached hydrogens (tertiary/aromatic N) is 1. The molecule has 0 saturated heterocycles. The standard InChI is InChI=1S/C14H11NOS2/c1-9-6-7-17-14(9)11(16)8-13-15-10-4-2-3-5-12(10)18-13/h2-7H,8H2,1H3. The highest BCUT2D eigenvalue weighted by atomic mass is 32.1. The number of para-hydroxylation sites is 1. The number of hydrogen-bond acceptors (Lipinski definition) is 4. The number of carbonyl (C=O) groups excluding carboxylic acids is 1. The second kappa shape index (κ2) is 4.63. The first-order chi connectivity index (χ1) is 8.74. The van der Waals surface area contributed by atoms with Gasteiger partial charge in [0.15, 0.2) is 5.78 Å². The number of thiazole rings is 1. The second-order valence-electron chi connectivity index (χ2n) is 4.11. The molecule has 0 amide bonds. The number of Topliss-reactive ketones (excluding diaryl/α,β-unsaturated/α-hetero) is 1. The monoisotopic (exact) mass is 273 g/mol. The van der Waals surface area contributed by atoms with Gasteiger partial charge in [-0.2, -0.15) is 0 Å². The molecule has 0 unspecified atom stereocenters. The topological polar surface area (TPSA) is 30.0 Å². The van der Waals surface area contributed by atoms with Gasteiger partial charge in [0.25, 0.3) is 0 Å². The SMILES string of the molecule is Cc1ccsc1C(=O)Cc1nc2ccccc2s1. The van der Waals surface area contributed by atoms with Crippen molar-refractivity contribution in [2.24, 2.45) is 0 Å². The molecule has 0 aliphatic carbocycles. The fourth-order valence-corrected chi connectivity index (χ4v) is 3.70. The van der Waals surface area contributed by atoms with Gasteiger partial charge in [0.05, 0.1) is 21.5 Å².